The van der Waals surface area contributed by atoms with Crippen LogP contribution >= 0.6 is 11.6 Å². The molecule has 28 heavy (non-hydrogen) atoms. The van der Waals surface area contributed by atoms with Gasteiger partial charge in [-0.15, -0.1) is 0 Å². The van der Waals surface area contributed by atoms with Crippen LogP contribution in [0.25, 0.3) is 5.57 Å². The second-order valence-corrected chi connectivity index (χ2v) is 9.14. The van der Waals surface area contributed by atoms with E-state index in [9.17, 15) is 13.2 Å². The monoisotopic (exact) mass is 418 g/mol. The summed E-state index contributed by atoms with van der Waals surface area (Å²) in [5.74, 6) is -0.269. The van der Waals surface area contributed by atoms with Crippen LogP contribution in [0.15, 0.2) is 59.5 Å². The van der Waals surface area contributed by atoms with E-state index in [4.69, 9.17) is 11.6 Å². The Morgan fingerprint density at radius 1 is 1.14 bits per heavy atom. The maximum Gasteiger partial charge on any atom is 0.255 e. The molecule has 5 nitrogen and oxygen atoms in total. The van der Waals surface area contributed by atoms with Crippen LogP contribution in [0.1, 0.15) is 36.2 Å². The number of hydrogen-bond acceptors (Lipinski definition) is 3. The Bertz CT molecular complexity index is 1000. The number of rotatable bonds is 5. The lowest BCUT2D eigenvalue weighted by molar-refractivity contribution is 0.0773. The second kappa shape index (κ2) is 8.47. The minimum Gasteiger partial charge on any atom is -0.335 e. The summed E-state index contributed by atoms with van der Waals surface area (Å²) in [4.78, 5) is 14.7. The van der Waals surface area contributed by atoms with Gasteiger partial charge in [0.2, 0.25) is 10.0 Å². The van der Waals surface area contributed by atoms with E-state index in [1.807, 2.05) is 24.3 Å². The van der Waals surface area contributed by atoms with Crippen molar-refractivity contribution in [3.63, 3.8) is 0 Å². The SMILES string of the molecule is CC(C)NS(=O)(=O)c1ccc(Cl)c(C(=O)N2CC=C(c3ccccc3)CC2)c1. The molecule has 7 heteroatoms. The summed E-state index contributed by atoms with van der Waals surface area (Å²) in [6, 6.07) is 14.0. The Morgan fingerprint density at radius 3 is 2.46 bits per heavy atom. The third-order valence-corrected chi connectivity index (χ3v) is 6.50. The standard InChI is InChI=1S/C21H23ClN2O3S/c1-15(2)23-28(26,27)18-8-9-20(22)19(14-18)21(25)24-12-10-17(11-13-24)16-6-4-3-5-7-16/h3-10,14-15,23H,11-13H2,1-2H3. The average Bonchev–Trinajstić information content (AvgIpc) is 2.67. The zero-order chi connectivity index (χ0) is 20.3. The Morgan fingerprint density at radius 2 is 1.86 bits per heavy atom. The van der Waals surface area contributed by atoms with Crippen molar-refractivity contribution in [2.24, 2.45) is 0 Å². The molecule has 0 saturated carbocycles. The highest BCUT2D eigenvalue weighted by molar-refractivity contribution is 7.89. The number of nitrogens with one attached hydrogen (secondary N) is 1. The lowest BCUT2D eigenvalue weighted by Crippen LogP contribution is -2.35. The summed E-state index contributed by atoms with van der Waals surface area (Å²) >= 11 is 6.21. The highest BCUT2D eigenvalue weighted by Crippen LogP contribution is 2.26. The molecule has 0 radical (unpaired) electrons. The van der Waals surface area contributed by atoms with Crippen molar-refractivity contribution in [2.45, 2.75) is 31.2 Å². The van der Waals surface area contributed by atoms with E-state index in [1.165, 1.54) is 23.8 Å². The number of carbonyl (C=O) groups is 1. The fourth-order valence-corrected chi connectivity index (χ4v) is 4.63. The molecule has 0 aliphatic carbocycles. The predicted octanol–water partition coefficient (Wildman–Crippen LogP) is 3.96. The lowest BCUT2D eigenvalue weighted by Gasteiger charge is -2.27. The number of hydrogen-bond donors (Lipinski definition) is 1. The quantitative estimate of drug-likeness (QED) is 0.799. The van der Waals surface area contributed by atoms with Gasteiger partial charge in [-0.25, -0.2) is 13.1 Å². The lowest BCUT2D eigenvalue weighted by atomic mass is 9.99. The first-order chi connectivity index (χ1) is 13.3. The molecule has 0 saturated heterocycles. The van der Waals surface area contributed by atoms with Crippen LogP contribution in [-0.4, -0.2) is 38.4 Å². The Balaban J connectivity index is 1.82. The maximum absolute atomic E-state index is 13.0. The van der Waals surface area contributed by atoms with Gasteiger partial charge >= 0.3 is 0 Å². The van der Waals surface area contributed by atoms with Gasteiger partial charge in [0.1, 0.15) is 0 Å². The van der Waals surface area contributed by atoms with Gasteiger partial charge in [0, 0.05) is 19.1 Å². The third kappa shape index (κ3) is 4.63. The minimum atomic E-state index is -3.70. The van der Waals surface area contributed by atoms with Gasteiger partial charge in [-0.2, -0.15) is 0 Å². The summed E-state index contributed by atoms with van der Waals surface area (Å²) in [5, 5.41) is 0.242. The van der Waals surface area contributed by atoms with E-state index >= 15 is 0 Å². The maximum atomic E-state index is 13.0. The second-order valence-electron chi connectivity index (χ2n) is 7.01. The topological polar surface area (TPSA) is 66.5 Å². The molecule has 2 aromatic rings. The third-order valence-electron chi connectivity index (χ3n) is 4.51. The van der Waals surface area contributed by atoms with Gasteiger partial charge < -0.3 is 4.90 Å². The van der Waals surface area contributed by atoms with Crippen LogP contribution in [-0.2, 0) is 10.0 Å². The summed E-state index contributed by atoms with van der Waals surface area (Å²) in [5.41, 5.74) is 2.55. The Kier molecular flexibility index (Phi) is 6.23. The summed E-state index contributed by atoms with van der Waals surface area (Å²) in [6.07, 6.45) is 2.77. The Hall–Kier alpha value is -2.15. The number of benzene rings is 2. The van der Waals surface area contributed by atoms with Crippen LogP contribution in [0.4, 0.5) is 0 Å². The first-order valence-electron chi connectivity index (χ1n) is 9.13. The largest absolute Gasteiger partial charge is 0.335 e. The molecule has 0 fully saturated rings. The molecule has 0 atom stereocenters. The van der Waals surface area contributed by atoms with E-state index < -0.39 is 10.0 Å². The Labute approximate surface area is 171 Å². The molecule has 0 aromatic heterocycles. The number of carbonyl (C=O) groups excluding carboxylic acids is 1. The molecule has 3 rings (SSSR count). The van der Waals surface area contributed by atoms with E-state index in [2.05, 4.69) is 16.9 Å². The van der Waals surface area contributed by atoms with Crippen LogP contribution in [0.3, 0.4) is 0 Å². The van der Waals surface area contributed by atoms with Crippen LogP contribution in [0.5, 0.6) is 0 Å². The number of amides is 1. The van der Waals surface area contributed by atoms with E-state index in [0.29, 0.717) is 13.1 Å². The molecule has 0 bridgehead atoms. The number of nitrogens with zero attached hydrogens (tertiary/aromatic N) is 1. The van der Waals surface area contributed by atoms with Crippen molar-refractivity contribution < 1.29 is 13.2 Å². The van der Waals surface area contributed by atoms with Gasteiger partial charge in [-0.05, 0) is 49.6 Å². The molecule has 1 aliphatic heterocycles. The summed E-state index contributed by atoms with van der Waals surface area (Å²) in [6.45, 7) is 4.49. The van der Waals surface area contributed by atoms with Crippen molar-refractivity contribution in [1.29, 1.82) is 0 Å². The van der Waals surface area contributed by atoms with E-state index in [-0.39, 0.29) is 27.4 Å². The average molecular weight is 419 g/mol. The fraction of sp³-hybridized carbons (Fsp3) is 0.286. The molecule has 1 amide bonds. The highest BCUT2D eigenvalue weighted by Gasteiger charge is 2.24. The molecule has 0 unspecified atom stereocenters. The summed E-state index contributed by atoms with van der Waals surface area (Å²) < 4.78 is 27.4. The smallest absolute Gasteiger partial charge is 0.255 e. The minimum absolute atomic E-state index is 0.0338. The van der Waals surface area contributed by atoms with Crippen molar-refractivity contribution >= 4 is 33.1 Å². The molecule has 1 heterocycles. The van der Waals surface area contributed by atoms with E-state index in [1.54, 1.807) is 18.7 Å². The van der Waals surface area contributed by atoms with Crippen LogP contribution < -0.4 is 4.72 Å². The molecular formula is C21H23ClN2O3S. The molecule has 1 N–H and O–H groups in total. The molecule has 0 spiro atoms. The van der Waals surface area contributed by atoms with Crippen molar-refractivity contribution in [1.82, 2.24) is 9.62 Å². The van der Waals surface area contributed by atoms with Gasteiger partial charge in [0.25, 0.3) is 5.91 Å². The van der Waals surface area contributed by atoms with Crippen molar-refractivity contribution in [3.05, 3.63) is 70.8 Å². The fourth-order valence-electron chi connectivity index (χ4n) is 3.15. The molecule has 1 aliphatic rings. The van der Waals surface area contributed by atoms with Gasteiger partial charge in [-0.3, -0.25) is 4.79 Å². The van der Waals surface area contributed by atoms with Gasteiger partial charge in [0.05, 0.1) is 15.5 Å². The normalized spacial score (nSPS) is 14.9. The van der Waals surface area contributed by atoms with Gasteiger partial charge in [-0.1, -0.05) is 48.0 Å². The molecule has 148 valence electrons. The zero-order valence-corrected chi connectivity index (χ0v) is 17.4. The first-order valence-corrected chi connectivity index (χ1v) is 11.0. The van der Waals surface area contributed by atoms with E-state index in [0.717, 1.165) is 12.0 Å². The van der Waals surface area contributed by atoms with Crippen molar-refractivity contribution in [2.75, 3.05) is 13.1 Å². The van der Waals surface area contributed by atoms with Crippen LogP contribution in [0, 0.1) is 0 Å². The number of halogens is 1. The first kappa shape index (κ1) is 20.6. The molecule has 2 aromatic carbocycles. The highest BCUT2D eigenvalue weighted by atomic mass is 35.5. The zero-order valence-electron chi connectivity index (χ0n) is 15.9. The number of sulfonamides is 1. The van der Waals surface area contributed by atoms with Gasteiger partial charge in [0.15, 0.2) is 0 Å². The predicted molar refractivity (Wildman–Crippen MR) is 112 cm³/mol. The van der Waals surface area contributed by atoms with Crippen LogP contribution in [0.2, 0.25) is 5.02 Å². The molecular weight excluding hydrogens is 396 g/mol. The van der Waals surface area contributed by atoms with Crippen molar-refractivity contribution in [3.8, 4) is 0 Å². The summed E-state index contributed by atoms with van der Waals surface area (Å²) in [7, 11) is -3.70.